The summed E-state index contributed by atoms with van der Waals surface area (Å²) in [6, 6.07) is 5.30. The lowest BCUT2D eigenvalue weighted by atomic mass is 9.95. The summed E-state index contributed by atoms with van der Waals surface area (Å²) in [4.78, 5) is 12.0. The Morgan fingerprint density at radius 1 is 1.29 bits per heavy atom. The van der Waals surface area contributed by atoms with Crippen LogP contribution in [0, 0.1) is 6.92 Å². The van der Waals surface area contributed by atoms with Gasteiger partial charge >= 0.3 is 0 Å². The molecule has 2 N–H and O–H groups in total. The summed E-state index contributed by atoms with van der Waals surface area (Å²) in [5.74, 6) is 0.208. The Hall–Kier alpha value is -1.51. The number of amides is 1. The van der Waals surface area contributed by atoms with Crippen LogP contribution in [0.1, 0.15) is 48.0 Å². The lowest BCUT2D eigenvalue weighted by Gasteiger charge is -2.22. The summed E-state index contributed by atoms with van der Waals surface area (Å²) in [5, 5.41) is 12.5. The summed E-state index contributed by atoms with van der Waals surface area (Å²) < 4.78 is 0. The summed E-state index contributed by atoms with van der Waals surface area (Å²) in [6.07, 6.45) is 5.87. The molecule has 17 heavy (non-hydrogen) atoms. The van der Waals surface area contributed by atoms with Gasteiger partial charge in [0.2, 0.25) is 0 Å². The third kappa shape index (κ3) is 2.99. The van der Waals surface area contributed by atoms with Gasteiger partial charge in [-0.2, -0.15) is 0 Å². The van der Waals surface area contributed by atoms with Crippen LogP contribution in [0.3, 0.4) is 0 Å². The van der Waals surface area contributed by atoms with E-state index in [4.69, 9.17) is 0 Å². The van der Waals surface area contributed by atoms with E-state index in [9.17, 15) is 9.90 Å². The number of benzene rings is 1. The first-order valence-corrected chi connectivity index (χ1v) is 6.27. The standard InChI is InChI=1S/C14H19NO2/c1-10-9-11(7-8-13(10)16)14(17)15-12-5-3-2-4-6-12/h7-9,12,16H,2-6H2,1H3,(H,15,17). The zero-order valence-corrected chi connectivity index (χ0v) is 10.2. The van der Waals surface area contributed by atoms with Crippen molar-refractivity contribution in [3.63, 3.8) is 0 Å². The molecule has 0 saturated heterocycles. The molecule has 1 aliphatic rings. The number of hydrogen-bond acceptors (Lipinski definition) is 2. The van der Waals surface area contributed by atoms with E-state index in [0.29, 0.717) is 11.6 Å². The molecule has 1 fully saturated rings. The maximum absolute atomic E-state index is 12.0. The SMILES string of the molecule is Cc1cc(C(=O)NC2CCCCC2)ccc1O. The van der Waals surface area contributed by atoms with Gasteiger partial charge in [-0.3, -0.25) is 4.79 Å². The van der Waals surface area contributed by atoms with Crippen LogP contribution in [0.5, 0.6) is 5.75 Å². The van der Waals surface area contributed by atoms with E-state index in [1.807, 2.05) is 0 Å². The van der Waals surface area contributed by atoms with Crippen molar-refractivity contribution in [3.8, 4) is 5.75 Å². The number of carbonyl (C=O) groups excluding carboxylic acids is 1. The van der Waals surface area contributed by atoms with Gasteiger partial charge in [-0.15, -0.1) is 0 Å². The Kier molecular flexibility index (Phi) is 3.67. The first-order chi connectivity index (χ1) is 8.16. The highest BCUT2D eigenvalue weighted by molar-refractivity contribution is 5.94. The molecular weight excluding hydrogens is 214 g/mol. The molecule has 3 heteroatoms. The zero-order valence-electron chi connectivity index (χ0n) is 10.2. The van der Waals surface area contributed by atoms with Crippen molar-refractivity contribution in [2.45, 2.75) is 45.1 Å². The molecule has 2 rings (SSSR count). The fourth-order valence-electron chi connectivity index (χ4n) is 2.31. The summed E-state index contributed by atoms with van der Waals surface area (Å²) in [5.41, 5.74) is 1.37. The van der Waals surface area contributed by atoms with Crippen molar-refractivity contribution < 1.29 is 9.90 Å². The molecule has 1 saturated carbocycles. The van der Waals surface area contributed by atoms with Crippen LogP contribution in [0.4, 0.5) is 0 Å². The van der Waals surface area contributed by atoms with Crippen molar-refractivity contribution in [3.05, 3.63) is 29.3 Å². The third-order valence-corrected chi connectivity index (χ3v) is 3.40. The fraction of sp³-hybridized carbons (Fsp3) is 0.500. The van der Waals surface area contributed by atoms with E-state index in [0.717, 1.165) is 18.4 Å². The van der Waals surface area contributed by atoms with E-state index < -0.39 is 0 Å². The van der Waals surface area contributed by atoms with Gasteiger partial charge in [0, 0.05) is 11.6 Å². The average Bonchev–Trinajstić information content (AvgIpc) is 2.34. The van der Waals surface area contributed by atoms with Crippen molar-refractivity contribution >= 4 is 5.91 Å². The van der Waals surface area contributed by atoms with Gasteiger partial charge in [0.25, 0.3) is 5.91 Å². The Balaban J connectivity index is 2.01. The van der Waals surface area contributed by atoms with Crippen LogP contribution in [-0.4, -0.2) is 17.1 Å². The molecule has 0 aromatic heterocycles. The zero-order chi connectivity index (χ0) is 12.3. The van der Waals surface area contributed by atoms with Crippen molar-refractivity contribution in [2.24, 2.45) is 0 Å². The molecule has 1 aliphatic carbocycles. The van der Waals surface area contributed by atoms with Gasteiger partial charge in [0.1, 0.15) is 5.75 Å². The number of rotatable bonds is 2. The number of aromatic hydroxyl groups is 1. The van der Waals surface area contributed by atoms with Crippen LogP contribution in [-0.2, 0) is 0 Å². The second-order valence-corrected chi connectivity index (χ2v) is 4.81. The predicted octanol–water partition coefficient (Wildman–Crippen LogP) is 2.76. The number of aryl methyl sites for hydroxylation is 1. The largest absolute Gasteiger partial charge is 0.508 e. The second-order valence-electron chi connectivity index (χ2n) is 4.81. The second kappa shape index (κ2) is 5.21. The summed E-state index contributed by atoms with van der Waals surface area (Å²) >= 11 is 0. The molecular formula is C14H19NO2. The van der Waals surface area contributed by atoms with Gasteiger partial charge in [0.05, 0.1) is 0 Å². The van der Waals surface area contributed by atoms with Crippen LogP contribution >= 0.6 is 0 Å². The van der Waals surface area contributed by atoms with Gasteiger partial charge in [-0.1, -0.05) is 19.3 Å². The molecule has 0 unspecified atom stereocenters. The van der Waals surface area contributed by atoms with Gasteiger partial charge in [-0.25, -0.2) is 0 Å². The van der Waals surface area contributed by atoms with E-state index >= 15 is 0 Å². The Morgan fingerprint density at radius 3 is 2.65 bits per heavy atom. The number of hydrogen-bond donors (Lipinski definition) is 2. The Bertz CT molecular complexity index is 409. The summed E-state index contributed by atoms with van der Waals surface area (Å²) in [7, 11) is 0. The molecule has 0 radical (unpaired) electrons. The van der Waals surface area contributed by atoms with Crippen LogP contribution in [0.15, 0.2) is 18.2 Å². The first-order valence-electron chi connectivity index (χ1n) is 6.27. The molecule has 3 nitrogen and oxygen atoms in total. The molecule has 0 heterocycles. The van der Waals surface area contributed by atoms with Gasteiger partial charge in [-0.05, 0) is 43.5 Å². The maximum Gasteiger partial charge on any atom is 0.251 e. The van der Waals surface area contributed by atoms with E-state index in [1.54, 1.807) is 25.1 Å². The highest BCUT2D eigenvalue weighted by atomic mass is 16.3. The van der Waals surface area contributed by atoms with E-state index in [1.165, 1.54) is 19.3 Å². The maximum atomic E-state index is 12.0. The smallest absolute Gasteiger partial charge is 0.251 e. The molecule has 1 aromatic carbocycles. The molecule has 92 valence electrons. The number of carbonyl (C=O) groups is 1. The summed E-state index contributed by atoms with van der Waals surface area (Å²) in [6.45, 7) is 1.80. The minimum atomic E-state index is -0.0278. The monoisotopic (exact) mass is 233 g/mol. The predicted molar refractivity (Wildman–Crippen MR) is 67.2 cm³/mol. The quantitative estimate of drug-likeness (QED) is 0.825. The van der Waals surface area contributed by atoms with Crippen molar-refractivity contribution in [2.75, 3.05) is 0 Å². The van der Waals surface area contributed by atoms with Crippen LogP contribution in [0.25, 0.3) is 0 Å². The number of nitrogens with one attached hydrogen (secondary N) is 1. The highest BCUT2D eigenvalue weighted by Gasteiger charge is 2.16. The lowest BCUT2D eigenvalue weighted by molar-refractivity contribution is 0.0927. The molecule has 0 aliphatic heterocycles. The average molecular weight is 233 g/mol. The van der Waals surface area contributed by atoms with Crippen LogP contribution < -0.4 is 5.32 Å². The molecule has 0 atom stereocenters. The van der Waals surface area contributed by atoms with Crippen molar-refractivity contribution in [1.82, 2.24) is 5.32 Å². The van der Waals surface area contributed by atoms with E-state index in [-0.39, 0.29) is 11.7 Å². The molecule has 0 bridgehead atoms. The normalized spacial score (nSPS) is 16.8. The Labute approximate surface area is 102 Å². The van der Waals surface area contributed by atoms with Gasteiger partial charge in [0.15, 0.2) is 0 Å². The molecule has 1 aromatic rings. The van der Waals surface area contributed by atoms with Crippen LogP contribution in [0.2, 0.25) is 0 Å². The van der Waals surface area contributed by atoms with Gasteiger partial charge < -0.3 is 10.4 Å². The number of phenolic OH excluding ortho intramolecular Hbond substituents is 1. The number of phenols is 1. The fourth-order valence-corrected chi connectivity index (χ4v) is 2.31. The molecule has 0 spiro atoms. The highest BCUT2D eigenvalue weighted by Crippen LogP contribution is 2.19. The topological polar surface area (TPSA) is 49.3 Å². The first kappa shape index (κ1) is 12.0. The third-order valence-electron chi connectivity index (χ3n) is 3.40. The van der Waals surface area contributed by atoms with Crippen molar-refractivity contribution in [1.29, 1.82) is 0 Å². The lowest BCUT2D eigenvalue weighted by Crippen LogP contribution is -2.36. The molecule has 1 amide bonds. The Morgan fingerprint density at radius 2 is 2.00 bits per heavy atom. The minimum Gasteiger partial charge on any atom is -0.508 e. The minimum absolute atomic E-state index is 0.0278. The van der Waals surface area contributed by atoms with E-state index in [2.05, 4.69) is 5.32 Å².